The molecule has 1 saturated carbocycles. The minimum atomic E-state index is -2.42. The number of rotatable bonds is 10. The van der Waals surface area contributed by atoms with Crippen LogP contribution >= 0.6 is 11.8 Å². The van der Waals surface area contributed by atoms with Crippen molar-refractivity contribution in [3.8, 4) is 0 Å². The van der Waals surface area contributed by atoms with E-state index in [1.807, 2.05) is 38.3 Å². The number of aryl methyl sites for hydroxylation is 1. The zero-order valence-corrected chi connectivity index (χ0v) is 24.9. The van der Waals surface area contributed by atoms with Crippen molar-refractivity contribution < 1.29 is 18.3 Å². The van der Waals surface area contributed by atoms with E-state index in [0.717, 1.165) is 66.1 Å². The highest BCUT2D eigenvalue weighted by molar-refractivity contribution is 7.98. The van der Waals surface area contributed by atoms with Gasteiger partial charge in [-0.15, -0.1) is 11.8 Å². The number of halogens is 2. The number of hydrogen-bond donors (Lipinski definition) is 2. The summed E-state index contributed by atoms with van der Waals surface area (Å²) >= 11 is 1.49. The zero-order valence-electron chi connectivity index (χ0n) is 24.1. The first-order valence-corrected chi connectivity index (χ1v) is 15.5. The van der Waals surface area contributed by atoms with Crippen molar-refractivity contribution in [2.75, 3.05) is 26.0 Å². The van der Waals surface area contributed by atoms with Crippen molar-refractivity contribution in [1.82, 2.24) is 24.8 Å². The van der Waals surface area contributed by atoms with E-state index in [1.54, 1.807) is 6.20 Å². The normalized spacial score (nSPS) is 20.9. The molecule has 0 aromatic carbocycles. The summed E-state index contributed by atoms with van der Waals surface area (Å²) in [6.45, 7) is 7.15. The smallest absolute Gasteiger partial charge is 0.261 e. The molecule has 8 nitrogen and oxygen atoms in total. The third-order valence-corrected chi connectivity index (χ3v) is 9.60. The lowest BCUT2D eigenvalue weighted by atomic mass is 9.80. The molecule has 3 aromatic heterocycles. The molecule has 1 atom stereocenters. The summed E-state index contributed by atoms with van der Waals surface area (Å²) in [6.07, 6.45) is 5.39. The number of H-pyrrole nitrogens is 1. The minimum absolute atomic E-state index is 0.0816. The van der Waals surface area contributed by atoms with Gasteiger partial charge < -0.3 is 19.6 Å². The van der Waals surface area contributed by atoms with Gasteiger partial charge in [0.2, 0.25) is 0 Å². The number of nitrogens with zero attached hydrogens (tertiary/aromatic N) is 3. The van der Waals surface area contributed by atoms with Gasteiger partial charge in [0, 0.05) is 65.1 Å². The van der Waals surface area contributed by atoms with Crippen LogP contribution in [-0.2, 0) is 11.3 Å². The second kappa shape index (κ2) is 12.6. The number of likely N-dealkylation sites (tertiary alicyclic amines) is 1. The Kier molecular flexibility index (Phi) is 9.15. The van der Waals surface area contributed by atoms with Gasteiger partial charge in [0.25, 0.3) is 17.9 Å². The maximum atomic E-state index is 13.6. The fraction of sp³-hybridized carbons (Fsp3) is 0.567. The lowest BCUT2D eigenvalue weighted by Crippen LogP contribution is -2.57. The van der Waals surface area contributed by atoms with Crippen molar-refractivity contribution in [3.05, 3.63) is 57.3 Å². The molecule has 0 bridgehead atoms. The second-order valence-electron chi connectivity index (χ2n) is 11.3. The van der Waals surface area contributed by atoms with Gasteiger partial charge in [-0.25, -0.2) is 13.8 Å². The number of fused-ring (bicyclic) bond motifs is 1. The molecule has 0 unspecified atom stereocenters. The van der Waals surface area contributed by atoms with Gasteiger partial charge in [-0.2, -0.15) is 0 Å². The Labute approximate surface area is 243 Å². The monoisotopic (exact) mass is 587 g/mol. The third-order valence-electron chi connectivity index (χ3n) is 8.79. The molecule has 5 rings (SSSR count). The average molecular weight is 588 g/mol. The van der Waals surface area contributed by atoms with E-state index >= 15 is 0 Å². The second-order valence-corrected chi connectivity index (χ2v) is 12.2. The molecule has 2 aliphatic rings. The molecular formula is C30H39F2N5O3S. The summed E-state index contributed by atoms with van der Waals surface area (Å²) in [5, 5.41) is 3.80. The number of nitrogens with one attached hydrogen (secondary N) is 2. The molecule has 4 heterocycles. The van der Waals surface area contributed by atoms with Gasteiger partial charge in [-0.3, -0.25) is 14.5 Å². The number of aromatic amines is 1. The summed E-state index contributed by atoms with van der Waals surface area (Å²) in [4.78, 5) is 36.9. The number of pyridine rings is 2. The van der Waals surface area contributed by atoms with Gasteiger partial charge in [-0.1, -0.05) is 0 Å². The van der Waals surface area contributed by atoms with Crippen molar-refractivity contribution in [3.63, 3.8) is 0 Å². The first-order chi connectivity index (χ1) is 19.7. The van der Waals surface area contributed by atoms with E-state index in [1.165, 1.54) is 11.8 Å². The highest BCUT2D eigenvalue weighted by atomic mass is 32.2. The van der Waals surface area contributed by atoms with E-state index in [0.29, 0.717) is 23.1 Å². The molecule has 1 saturated heterocycles. The summed E-state index contributed by atoms with van der Waals surface area (Å²) in [5.74, 6) is 0.212. The molecule has 1 amide bonds. The van der Waals surface area contributed by atoms with Gasteiger partial charge in [0.1, 0.15) is 12.3 Å². The standard InChI is InChI=1S/C30H39F2N5O3S/c1-17-12-25(41-4)24(29(38)35-17)13-34-30(39)27-19(3)37(28-23(27)6-5-11-33-28)18(2)20-7-9-21(10-8-20)36-14-22(15-36)40-16-26(31)32/h5-6,11-12,18,20-22,26H,7-10,13-16H2,1-4H3,(H,34,39)(H,35,38)/t18-,20?,21?/m1/s1. The SMILES string of the molecule is CSc1cc(C)[nH]c(=O)c1CNC(=O)c1c(C)n([C@H](C)C2CCC(N3CC(OCC(F)F)C3)CC2)c2ncccc12. The fourth-order valence-electron chi connectivity index (χ4n) is 6.58. The maximum absolute atomic E-state index is 13.6. The predicted molar refractivity (Wildman–Crippen MR) is 157 cm³/mol. The number of carbonyl (C=O) groups excluding carboxylic acids is 1. The Morgan fingerprint density at radius 2 is 1.98 bits per heavy atom. The predicted octanol–water partition coefficient (Wildman–Crippen LogP) is 5.08. The van der Waals surface area contributed by atoms with E-state index in [2.05, 4.69) is 31.7 Å². The Hall–Kier alpha value is -2.76. The van der Waals surface area contributed by atoms with Gasteiger partial charge >= 0.3 is 0 Å². The topological polar surface area (TPSA) is 92.2 Å². The Morgan fingerprint density at radius 1 is 1.24 bits per heavy atom. The van der Waals surface area contributed by atoms with Crippen molar-refractivity contribution in [2.24, 2.45) is 5.92 Å². The molecule has 41 heavy (non-hydrogen) atoms. The first-order valence-electron chi connectivity index (χ1n) is 14.3. The van der Waals surface area contributed by atoms with E-state index in [4.69, 9.17) is 4.74 Å². The minimum Gasteiger partial charge on any atom is -0.370 e. The number of amides is 1. The van der Waals surface area contributed by atoms with Crippen LogP contribution in [0.5, 0.6) is 0 Å². The molecule has 0 spiro atoms. The van der Waals surface area contributed by atoms with E-state index in [-0.39, 0.29) is 30.2 Å². The van der Waals surface area contributed by atoms with Crippen molar-refractivity contribution >= 4 is 28.7 Å². The maximum Gasteiger partial charge on any atom is 0.261 e. The number of hydrogen-bond acceptors (Lipinski definition) is 6. The Morgan fingerprint density at radius 3 is 2.66 bits per heavy atom. The van der Waals surface area contributed by atoms with Gasteiger partial charge in [0.15, 0.2) is 0 Å². The summed E-state index contributed by atoms with van der Waals surface area (Å²) < 4.78 is 32.3. The van der Waals surface area contributed by atoms with Crippen LogP contribution in [-0.4, -0.2) is 69.9 Å². The molecule has 1 aliphatic carbocycles. The van der Waals surface area contributed by atoms with Crippen LogP contribution in [0.3, 0.4) is 0 Å². The molecule has 2 fully saturated rings. The third kappa shape index (κ3) is 6.22. The Balaban J connectivity index is 1.28. The molecule has 1 aliphatic heterocycles. The fourth-order valence-corrected chi connectivity index (χ4v) is 7.28. The van der Waals surface area contributed by atoms with Crippen LogP contribution in [0.15, 0.2) is 34.1 Å². The molecule has 11 heteroatoms. The molecule has 0 radical (unpaired) electrons. The molecule has 2 N–H and O–H groups in total. The lowest BCUT2D eigenvalue weighted by molar-refractivity contribution is -0.105. The van der Waals surface area contributed by atoms with Crippen LogP contribution in [0.4, 0.5) is 8.78 Å². The van der Waals surface area contributed by atoms with Gasteiger partial charge in [0.05, 0.1) is 11.7 Å². The average Bonchev–Trinajstić information content (AvgIpc) is 3.22. The largest absolute Gasteiger partial charge is 0.370 e. The summed E-state index contributed by atoms with van der Waals surface area (Å²) in [6, 6.07) is 6.32. The number of aromatic nitrogens is 3. The highest BCUT2D eigenvalue weighted by Crippen LogP contribution is 2.39. The van der Waals surface area contributed by atoms with Crippen LogP contribution in [0, 0.1) is 19.8 Å². The number of carbonyl (C=O) groups is 1. The van der Waals surface area contributed by atoms with Crippen LogP contribution in [0.25, 0.3) is 11.0 Å². The van der Waals surface area contributed by atoms with E-state index < -0.39 is 13.0 Å². The van der Waals surface area contributed by atoms with Crippen molar-refractivity contribution in [2.45, 2.75) is 82.5 Å². The van der Waals surface area contributed by atoms with Crippen LogP contribution in [0.1, 0.15) is 66.0 Å². The van der Waals surface area contributed by atoms with Crippen LogP contribution in [0.2, 0.25) is 0 Å². The van der Waals surface area contributed by atoms with Crippen LogP contribution < -0.4 is 10.9 Å². The van der Waals surface area contributed by atoms with E-state index in [9.17, 15) is 18.4 Å². The molecule has 3 aromatic rings. The molecular weight excluding hydrogens is 548 g/mol. The summed E-state index contributed by atoms with van der Waals surface area (Å²) in [7, 11) is 0. The quantitative estimate of drug-likeness (QED) is 0.322. The number of alkyl halides is 2. The lowest BCUT2D eigenvalue weighted by Gasteiger charge is -2.47. The highest BCUT2D eigenvalue weighted by Gasteiger charge is 2.37. The zero-order chi connectivity index (χ0) is 29.3. The van der Waals surface area contributed by atoms with Gasteiger partial charge in [-0.05, 0) is 76.8 Å². The first kappa shape index (κ1) is 29.7. The molecule has 222 valence electrons. The Bertz CT molecular complexity index is 1440. The summed E-state index contributed by atoms with van der Waals surface area (Å²) in [5.41, 5.74) is 3.41. The van der Waals surface area contributed by atoms with Crippen molar-refractivity contribution in [1.29, 1.82) is 0 Å². The number of thioether (sulfide) groups is 1. The number of ether oxygens (including phenoxy) is 1.